The lowest BCUT2D eigenvalue weighted by molar-refractivity contribution is -0.662. The summed E-state index contributed by atoms with van der Waals surface area (Å²) in [6.45, 7) is 0.807. The van der Waals surface area contributed by atoms with Gasteiger partial charge in [0.05, 0.1) is 5.39 Å². The number of phenolic OH excluding ortho intramolecular Hbond substituents is 1. The van der Waals surface area contributed by atoms with E-state index in [0.29, 0.717) is 5.75 Å². The lowest BCUT2D eigenvalue weighted by atomic mass is 10.1. The van der Waals surface area contributed by atoms with E-state index < -0.39 is 0 Å². The lowest BCUT2D eigenvalue weighted by Gasteiger charge is -2.02. The van der Waals surface area contributed by atoms with E-state index in [9.17, 15) is 5.11 Å². The van der Waals surface area contributed by atoms with Crippen molar-refractivity contribution in [3.05, 3.63) is 72.4 Å². The van der Waals surface area contributed by atoms with Crippen LogP contribution in [0.4, 0.5) is 0 Å². The largest absolute Gasteiger partial charge is 0.507 e. The van der Waals surface area contributed by atoms with Gasteiger partial charge in [-0.1, -0.05) is 36.4 Å². The Hall–Kier alpha value is -2.35. The van der Waals surface area contributed by atoms with Gasteiger partial charge >= 0.3 is 0 Å². The van der Waals surface area contributed by atoms with Gasteiger partial charge in [0.2, 0.25) is 5.52 Å². The summed E-state index contributed by atoms with van der Waals surface area (Å²) >= 11 is 0. The SMILES string of the molecule is Oc1cccc2c1ccc[n+]2Cc1ccccc1. The minimum atomic E-state index is 0.329. The highest BCUT2D eigenvalue weighted by atomic mass is 16.3. The second-order valence-corrected chi connectivity index (χ2v) is 4.33. The standard InChI is InChI=1S/C16H13NO/c18-16-10-4-9-15-14(16)8-5-11-17(15)12-13-6-2-1-3-7-13/h1-11H,12H2/p+1. The predicted octanol–water partition coefficient (Wildman–Crippen LogP) is 2.88. The van der Waals surface area contributed by atoms with Crippen LogP contribution in [0, 0.1) is 0 Å². The molecule has 2 aromatic carbocycles. The molecule has 88 valence electrons. The molecule has 1 aromatic heterocycles. The van der Waals surface area contributed by atoms with Crippen molar-refractivity contribution in [2.45, 2.75) is 6.54 Å². The number of hydrogen-bond acceptors (Lipinski definition) is 1. The average molecular weight is 236 g/mol. The molecule has 0 aliphatic heterocycles. The molecule has 0 fully saturated rings. The van der Waals surface area contributed by atoms with Gasteiger partial charge < -0.3 is 5.11 Å². The van der Waals surface area contributed by atoms with Crippen molar-refractivity contribution in [2.75, 3.05) is 0 Å². The van der Waals surface area contributed by atoms with Crippen LogP contribution in [-0.4, -0.2) is 5.11 Å². The van der Waals surface area contributed by atoms with Crippen molar-refractivity contribution < 1.29 is 9.67 Å². The molecule has 3 rings (SSSR count). The Balaban J connectivity index is 2.10. The van der Waals surface area contributed by atoms with E-state index in [0.717, 1.165) is 17.4 Å². The zero-order chi connectivity index (χ0) is 12.4. The average Bonchev–Trinajstić information content (AvgIpc) is 2.41. The number of aromatic hydroxyl groups is 1. The Kier molecular flexibility index (Phi) is 2.69. The van der Waals surface area contributed by atoms with Crippen LogP contribution in [0.3, 0.4) is 0 Å². The summed E-state index contributed by atoms with van der Waals surface area (Å²) in [6, 6.07) is 19.8. The van der Waals surface area contributed by atoms with Gasteiger partial charge in [-0.2, -0.15) is 4.57 Å². The normalized spacial score (nSPS) is 10.7. The van der Waals surface area contributed by atoms with Crippen LogP contribution in [-0.2, 0) is 6.54 Å². The summed E-state index contributed by atoms with van der Waals surface area (Å²) in [5.41, 5.74) is 2.29. The third-order valence-corrected chi connectivity index (χ3v) is 3.09. The molecule has 1 N–H and O–H groups in total. The fourth-order valence-corrected chi connectivity index (χ4v) is 2.20. The highest BCUT2D eigenvalue weighted by molar-refractivity contribution is 5.82. The van der Waals surface area contributed by atoms with Gasteiger partial charge in [0, 0.05) is 17.7 Å². The van der Waals surface area contributed by atoms with E-state index in [1.165, 1.54) is 5.56 Å². The Labute approximate surface area is 106 Å². The highest BCUT2D eigenvalue weighted by Gasteiger charge is 2.10. The number of pyridine rings is 1. The van der Waals surface area contributed by atoms with Crippen molar-refractivity contribution in [3.8, 4) is 5.75 Å². The number of hydrogen-bond donors (Lipinski definition) is 1. The molecule has 3 aromatic rings. The monoisotopic (exact) mass is 236 g/mol. The molecular weight excluding hydrogens is 222 g/mol. The quantitative estimate of drug-likeness (QED) is 0.680. The summed E-state index contributed by atoms with van der Waals surface area (Å²) < 4.78 is 2.14. The van der Waals surface area contributed by atoms with Crippen molar-refractivity contribution in [1.29, 1.82) is 0 Å². The van der Waals surface area contributed by atoms with Gasteiger partial charge in [-0.15, -0.1) is 0 Å². The number of benzene rings is 2. The van der Waals surface area contributed by atoms with E-state index in [1.54, 1.807) is 6.07 Å². The summed E-state index contributed by atoms with van der Waals surface area (Å²) in [5.74, 6) is 0.329. The summed E-state index contributed by atoms with van der Waals surface area (Å²) in [5, 5.41) is 10.7. The van der Waals surface area contributed by atoms with Crippen LogP contribution in [0.5, 0.6) is 5.75 Å². The maximum atomic E-state index is 9.85. The van der Waals surface area contributed by atoms with Crippen LogP contribution in [0.25, 0.3) is 10.9 Å². The Morgan fingerprint density at radius 2 is 1.67 bits per heavy atom. The molecule has 0 aliphatic carbocycles. The lowest BCUT2D eigenvalue weighted by Crippen LogP contribution is -2.34. The van der Waals surface area contributed by atoms with Crippen LogP contribution in [0.15, 0.2) is 66.9 Å². The van der Waals surface area contributed by atoms with Crippen LogP contribution < -0.4 is 4.57 Å². The van der Waals surface area contributed by atoms with Gasteiger partial charge in [-0.3, -0.25) is 0 Å². The van der Waals surface area contributed by atoms with Crippen LogP contribution >= 0.6 is 0 Å². The van der Waals surface area contributed by atoms with Gasteiger partial charge in [0.1, 0.15) is 5.75 Å². The number of nitrogens with zero attached hydrogens (tertiary/aromatic N) is 1. The second-order valence-electron chi connectivity index (χ2n) is 4.33. The van der Waals surface area contributed by atoms with Crippen molar-refractivity contribution >= 4 is 10.9 Å². The maximum Gasteiger partial charge on any atom is 0.216 e. The van der Waals surface area contributed by atoms with E-state index in [1.807, 2.05) is 48.7 Å². The molecule has 2 nitrogen and oxygen atoms in total. The number of phenols is 1. The zero-order valence-corrected chi connectivity index (χ0v) is 9.95. The third kappa shape index (κ3) is 1.93. The molecular formula is C16H14NO+. The Bertz CT molecular complexity index is 677. The first-order valence-electron chi connectivity index (χ1n) is 5.99. The number of aromatic nitrogens is 1. The topological polar surface area (TPSA) is 24.1 Å². The maximum absolute atomic E-state index is 9.85. The van der Waals surface area contributed by atoms with Gasteiger partial charge in [0.15, 0.2) is 12.7 Å². The molecule has 0 unspecified atom stereocenters. The molecule has 18 heavy (non-hydrogen) atoms. The predicted molar refractivity (Wildman–Crippen MR) is 71.4 cm³/mol. The minimum Gasteiger partial charge on any atom is -0.507 e. The second kappa shape index (κ2) is 4.49. The summed E-state index contributed by atoms with van der Waals surface area (Å²) in [6.07, 6.45) is 2.04. The fraction of sp³-hybridized carbons (Fsp3) is 0.0625. The summed E-state index contributed by atoms with van der Waals surface area (Å²) in [7, 11) is 0. The van der Waals surface area contributed by atoms with Crippen molar-refractivity contribution in [1.82, 2.24) is 0 Å². The zero-order valence-electron chi connectivity index (χ0n) is 9.95. The van der Waals surface area contributed by atoms with E-state index in [2.05, 4.69) is 16.7 Å². The van der Waals surface area contributed by atoms with Crippen molar-refractivity contribution in [2.24, 2.45) is 0 Å². The van der Waals surface area contributed by atoms with E-state index >= 15 is 0 Å². The van der Waals surface area contributed by atoms with E-state index in [-0.39, 0.29) is 0 Å². The molecule has 2 heteroatoms. The first-order chi connectivity index (χ1) is 8.84. The summed E-state index contributed by atoms with van der Waals surface area (Å²) in [4.78, 5) is 0. The number of rotatable bonds is 2. The van der Waals surface area contributed by atoms with Gasteiger partial charge in [-0.05, 0) is 12.1 Å². The van der Waals surface area contributed by atoms with Crippen LogP contribution in [0.1, 0.15) is 5.56 Å². The molecule has 0 saturated carbocycles. The van der Waals surface area contributed by atoms with Crippen LogP contribution in [0.2, 0.25) is 0 Å². The molecule has 0 radical (unpaired) electrons. The third-order valence-electron chi connectivity index (χ3n) is 3.09. The molecule has 0 bridgehead atoms. The molecule has 0 amide bonds. The van der Waals surface area contributed by atoms with Gasteiger partial charge in [0.25, 0.3) is 0 Å². The first kappa shape index (κ1) is 10.8. The van der Waals surface area contributed by atoms with E-state index in [4.69, 9.17) is 0 Å². The Morgan fingerprint density at radius 3 is 2.50 bits per heavy atom. The molecule has 0 saturated heterocycles. The molecule has 0 spiro atoms. The fourth-order valence-electron chi connectivity index (χ4n) is 2.20. The smallest absolute Gasteiger partial charge is 0.216 e. The Morgan fingerprint density at radius 1 is 0.833 bits per heavy atom. The molecule has 0 atom stereocenters. The molecule has 1 heterocycles. The highest BCUT2D eigenvalue weighted by Crippen LogP contribution is 2.21. The minimum absolute atomic E-state index is 0.329. The van der Waals surface area contributed by atoms with Gasteiger partial charge in [-0.25, -0.2) is 0 Å². The van der Waals surface area contributed by atoms with Crippen molar-refractivity contribution in [3.63, 3.8) is 0 Å². The number of fused-ring (bicyclic) bond motifs is 1. The first-order valence-corrected chi connectivity index (χ1v) is 5.99. The molecule has 0 aliphatic rings.